The molecular weight excluding hydrogens is 793 g/mol. The van der Waals surface area contributed by atoms with Crippen LogP contribution in [0.5, 0.6) is 0 Å². The second kappa shape index (κ2) is 51.7. The maximum atomic E-state index is 12.8. The van der Waals surface area contributed by atoms with Crippen molar-refractivity contribution in [1.82, 2.24) is 0 Å². The van der Waals surface area contributed by atoms with E-state index in [9.17, 15) is 14.4 Å². The molecule has 0 N–H and O–H groups in total. The molecule has 0 aliphatic carbocycles. The Hall–Kier alpha value is -3.93. The zero-order valence-corrected chi connectivity index (χ0v) is 41.3. The molecule has 6 nitrogen and oxygen atoms in total. The maximum absolute atomic E-state index is 12.8. The number of carbonyl (C=O) groups excluding carboxylic acids is 3. The molecule has 0 rings (SSSR count). The van der Waals surface area contributed by atoms with Gasteiger partial charge in [-0.1, -0.05) is 194 Å². The molecule has 0 aliphatic rings. The van der Waals surface area contributed by atoms with Crippen molar-refractivity contribution in [2.45, 2.75) is 226 Å². The van der Waals surface area contributed by atoms with Crippen LogP contribution in [0.4, 0.5) is 0 Å². The molecule has 0 saturated heterocycles. The summed E-state index contributed by atoms with van der Waals surface area (Å²) in [6.07, 6.45) is 69.3. The molecule has 362 valence electrons. The Morgan fingerprint density at radius 2 is 0.609 bits per heavy atom. The lowest BCUT2D eigenvalue weighted by Crippen LogP contribution is -2.30. The third kappa shape index (κ3) is 49.1. The van der Waals surface area contributed by atoms with E-state index in [1.165, 1.54) is 44.9 Å². The van der Waals surface area contributed by atoms with Gasteiger partial charge >= 0.3 is 17.9 Å². The van der Waals surface area contributed by atoms with Crippen LogP contribution in [0.2, 0.25) is 0 Å². The van der Waals surface area contributed by atoms with E-state index in [0.29, 0.717) is 19.3 Å². The number of hydrogen-bond donors (Lipinski definition) is 0. The minimum atomic E-state index is -0.811. The van der Waals surface area contributed by atoms with E-state index in [1.54, 1.807) is 0 Å². The van der Waals surface area contributed by atoms with Gasteiger partial charge in [-0.3, -0.25) is 14.4 Å². The quantitative estimate of drug-likeness (QED) is 0.0262. The summed E-state index contributed by atoms with van der Waals surface area (Å²) < 4.78 is 16.7. The summed E-state index contributed by atoms with van der Waals surface area (Å²) in [5.41, 5.74) is 0. The topological polar surface area (TPSA) is 78.9 Å². The van der Waals surface area contributed by atoms with Crippen LogP contribution in [0, 0.1) is 0 Å². The highest BCUT2D eigenvalue weighted by Gasteiger charge is 2.19. The molecule has 0 bridgehead atoms. The molecule has 1 atom stereocenters. The smallest absolute Gasteiger partial charge is 0.306 e. The summed E-state index contributed by atoms with van der Waals surface area (Å²) in [5, 5.41) is 0. The van der Waals surface area contributed by atoms with E-state index in [-0.39, 0.29) is 37.5 Å². The lowest BCUT2D eigenvalue weighted by molar-refractivity contribution is -0.167. The highest BCUT2D eigenvalue weighted by molar-refractivity contribution is 5.71. The highest BCUT2D eigenvalue weighted by atomic mass is 16.6. The van der Waals surface area contributed by atoms with Gasteiger partial charge in [-0.25, -0.2) is 0 Å². The largest absolute Gasteiger partial charge is 0.462 e. The number of ether oxygens (including phenoxy) is 3. The molecule has 0 aliphatic heterocycles. The summed E-state index contributed by atoms with van der Waals surface area (Å²) >= 11 is 0. The lowest BCUT2D eigenvalue weighted by atomic mass is 10.1. The van der Waals surface area contributed by atoms with Crippen molar-refractivity contribution in [3.05, 3.63) is 109 Å². The van der Waals surface area contributed by atoms with E-state index in [2.05, 4.69) is 130 Å². The summed E-state index contributed by atoms with van der Waals surface area (Å²) in [7, 11) is 0. The van der Waals surface area contributed by atoms with Gasteiger partial charge in [-0.05, 0) is 116 Å². The van der Waals surface area contributed by atoms with Crippen LogP contribution in [-0.2, 0) is 28.6 Å². The number of rotatable bonds is 45. The van der Waals surface area contributed by atoms with E-state index in [1.807, 2.05) is 0 Å². The zero-order chi connectivity index (χ0) is 46.5. The van der Waals surface area contributed by atoms with Crippen LogP contribution in [0.1, 0.15) is 220 Å². The van der Waals surface area contributed by atoms with Gasteiger partial charge in [0.2, 0.25) is 0 Å². The fraction of sp³-hybridized carbons (Fsp3) is 0.638. The van der Waals surface area contributed by atoms with Crippen LogP contribution < -0.4 is 0 Å². The van der Waals surface area contributed by atoms with Gasteiger partial charge in [0.1, 0.15) is 13.2 Å². The Bertz CT molecular complexity index is 1340. The fourth-order valence-electron chi connectivity index (χ4n) is 6.64. The minimum absolute atomic E-state index is 0.107. The molecule has 0 aromatic rings. The third-order valence-corrected chi connectivity index (χ3v) is 10.5. The van der Waals surface area contributed by atoms with Crippen molar-refractivity contribution in [3.63, 3.8) is 0 Å². The lowest BCUT2D eigenvalue weighted by Gasteiger charge is -2.18. The van der Waals surface area contributed by atoms with Gasteiger partial charge in [0.05, 0.1) is 0 Å². The van der Waals surface area contributed by atoms with Gasteiger partial charge < -0.3 is 14.2 Å². The molecule has 6 heteroatoms. The molecule has 0 fully saturated rings. The molecule has 0 spiro atoms. The SMILES string of the molecule is CC/C=C\C/C=C\C/C=C\C/C=C\CCCCC(=O)OC(COC(=O)CCCCCCC/C=C\C/C=C\CCCC)COC(=O)CCCCCCCCC/C=C\C/C=C\C/C=C\CC. The monoisotopic (exact) mass is 887 g/mol. The summed E-state index contributed by atoms with van der Waals surface area (Å²) in [6.45, 7) is 6.30. The summed E-state index contributed by atoms with van der Waals surface area (Å²) in [6, 6.07) is 0. The van der Waals surface area contributed by atoms with Crippen molar-refractivity contribution in [2.75, 3.05) is 13.2 Å². The number of allylic oxidation sites excluding steroid dienone is 18. The Balaban J connectivity index is 4.50. The number of carbonyl (C=O) groups is 3. The van der Waals surface area contributed by atoms with Crippen LogP contribution >= 0.6 is 0 Å². The third-order valence-electron chi connectivity index (χ3n) is 10.5. The van der Waals surface area contributed by atoms with Gasteiger partial charge in [-0.15, -0.1) is 0 Å². The minimum Gasteiger partial charge on any atom is -0.462 e. The second-order valence-electron chi connectivity index (χ2n) is 16.7. The predicted molar refractivity (Wildman–Crippen MR) is 274 cm³/mol. The van der Waals surface area contributed by atoms with Crippen LogP contribution in [-0.4, -0.2) is 37.2 Å². The first kappa shape index (κ1) is 60.1. The van der Waals surface area contributed by atoms with E-state index in [0.717, 1.165) is 128 Å². The molecule has 0 aromatic heterocycles. The van der Waals surface area contributed by atoms with Gasteiger partial charge in [0.15, 0.2) is 6.10 Å². The Morgan fingerprint density at radius 3 is 0.984 bits per heavy atom. The van der Waals surface area contributed by atoms with E-state index >= 15 is 0 Å². The first-order valence-corrected chi connectivity index (χ1v) is 25.9. The van der Waals surface area contributed by atoms with E-state index in [4.69, 9.17) is 14.2 Å². The van der Waals surface area contributed by atoms with Crippen molar-refractivity contribution < 1.29 is 28.6 Å². The van der Waals surface area contributed by atoms with Gasteiger partial charge in [-0.2, -0.15) is 0 Å². The van der Waals surface area contributed by atoms with Crippen LogP contribution in [0.3, 0.4) is 0 Å². The summed E-state index contributed by atoms with van der Waals surface area (Å²) in [5.74, 6) is -0.977. The Morgan fingerprint density at radius 1 is 0.328 bits per heavy atom. The average molecular weight is 887 g/mol. The van der Waals surface area contributed by atoms with Gasteiger partial charge in [0.25, 0.3) is 0 Å². The molecular formula is C58H94O6. The van der Waals surface area contributed by atoms with Crippen molar-refractivity contribution in [3.8, 4) is 0 Å². The van der Waals surface area contributed by atoms with Crippen molar-refractivity contribution >= 4 is 17.9 Å². The van der Waals surface area contributed by atoms with Crippen molar-refractivity contribution in [1.29, 1.82) is 0 Å². The number of hydrogen-bond acceptors (Lipinski definition) is 6. The zero-order valence-electron chi connectivity index (χ0n) is 41.3. The molecule has 0 heterocycles. The normalized spacial score (nSPS) is 13.0. The highest BCUT2D eigenvalue weighted by Crippen LogP contribution is 2.13. The molecule has 0 radical (unpaired) electrons. The second-order valence-corrected chi connectivity index (χ2v) is 16.7. The molecule has 64 heavy (non-hydrogen) atoms. The van der Waals surface area contributed by atoms with Crippen molar-refractivity contribution in [2.24, 2.45) is 0 Å². The first-order chi connectivity index (χ1) is 31.5. The summed E-state index contributed by atoms with van der Waals surface area (Å²) in [4.78, 5) is 38.0. The fourth-order valence-corrected chi connectivity index (χ4v) is 6.64. The molecule has 0 amide bonds. The number of esters is 3. The molecule has 0 aromatic carbocycles. The predicted octanol–water partition coefficient (Wildman–Crippen LogP) is 17.1. The van der Waals surface area contributed by atoms with E-state index < -0.39 is 6.10 Å². The Labute approximate surface area is 393 Å². The molecule has 0 saturated carbocycles. The maximum Gasteiger partial charge on any atom is 0.306 e. The number of unbranched alkanes of at least 4 members (excludes halogenated alkanes) is 16. The molecule has 1 unspecified atom stereocenters. The van der Waals surface area contributed by atoms with Gasteiger partial charge in [0, 0.05) is 19.3 Å². The van der Waals surface area contributed by atoms with Crippen LogP contribution in [0.15, 0.2) is 109 Å². The standard InChI is InChI=1S/C58H94O6/c1-4-7-10-13-16-19-22-25-28-29-31-33-36-39-42-45-48-51-57(60)63-54-55(53-62-56(59)50-47-44-41-38-35-32-27-24-21-18-15-12-9-6-3)64-58(61)52-49-46-43-40-37-34-30-26-23-20-17-14-11-8-5-2/h7-8,10-11,15-20,24-28,30,37,40,55H,4-6,9,12-14,21-23,29,31-36,38-39,41-54H2,1-3H3/b10-7-,11-8-,18-15-,19-16-,20-17-,27-24-,28-25-,30-26-,40-37-. The van der Waals surface area contributed by atoms with Crippen LogP contribution in [0.25, 0.3) is 0 Å². The Kier molecular flexibility index (Phi) is 48.5. The average Bonchev–Trinajstić information content (AvgIpc) is 3.29. The first-order valence-electron chi connectivity index (χ1n) is 25.9.